The Balaban J connectivity index is 1.52. The predicted octanol–water partition coefficient (Wildman–Crippen LogP) is 2.52. The van der Waals surface area contributed by atoms with Crippen molar-refractivity contribution < 1.29 is 9.53 Å². The lowest BCUT2D eigenvalue weighted by Crippen LogP contribution is -2.58. The van der Waals surface area contributed by atoms with Crippen LogP contribution in [0.15, 0.2) is 4.99 Å². The van der Waals surface area contributed by atoms with E-state index in [2.05, 4.69) is 37.2 Å². The number of carbonyl (C=O) groups excluding carboxylic acids is 1. The Kier molecular flexibility index (Phi) is 7.59. The Labute approximate surface area is 180 Å². The van der Waals surface area contributed by atoms with E-state index in [9.17, 15) is 4.79 Å². The molecule has 3 aliphatic rings. The van der Waals surface area contributed by atoms with Gasteiger partial charge in [-0.1, -0.05) is 12.8 Å². The van der Waals surface area contributed by atoms with Crippen LogP contribution in [-0.2, 0) is 4.74 Å². The fraction of sp³-hybridized carbons (Fsp3) is 0.905. The number of ether oxygens (including phenoxy) is 1. The molecule has 3 fully saturated rings. The van der Waals surface area contributed by atoms with E-state index in [1.54, 1.807) is 0 Å². The predicted molar refractivity (Wildman–Crippen MR) is 121 cm³/mol. The second-order valence-electron chi connectivity index (χ2n) is 9.51. The number of amides is 1. The number of nitrogens with one attached hydrogen (secondary N) is 2. The first-order valence-corrected chi connectivity index (χ1v) is 12.2. The Morgan fingerprint density at radius 3 is 2.52 bits per heavy atom. The lowest BCUT2D eigenvalue weighted by Gasteiger charge is -2.44. The first-order chi connectivity index (χ1) is 13.8. The third-order valence-electron chi connectivity index (χ3n) is 6.21. The van der Waals surface area contributed by atoms with Crippen LogP contribution in [0.25, 0.3) is 0 Å². The number of likely N-dealkylation sites (tertiary alicyclic amines) is 1. The van der Waals surface area contributed by atoms with Crippen LogP contribution in [-0.4, -0.2) is 90.3 Å². The molecule has 3 rings (SSSR count). The van der Waals surface area contributed by atoms with E-state index in [0.717, 1.165) is 32.0 Å². The van der Waals surface area contributed by atoms with Crippen LogP contribution in [0.1, 0.15) is 52.9 Å². The molecule has 2 aliphatic heterocycles. The zero-order valence-electron chi connectivity index (χ0n) is 18.6. The molecule has 1 atom stereocenters. The molecular formula is C21H39N5O2S. The second-order valence-corrected chi connectivity index (χ2v) is 10.7. The van der Waals surface area contributed by atoms with Gasteiger partial charge >= 0.3 is 6.09 Å². The van der Waals surface area contributed by atoms with Crippen LogP contribution >= 0.6 is 11.8 Å². The molecule has 1 unspecified atom stereocenters. The zero-order valence-corrected chi connectivity index (χ0v) is 19.4. The molecular weight excluding hydrogens is 386 g/mol. The van der Waals surface area contributed by atoms with Gasteiger partial charge in [-0.05, 0) is 40.0 Å². The quantitative estimate of drug-likeness (QED) is 0.533. The van der Waals surface area contributed by atoms with Gasteiger partial charge in [-0.2, -0.15) is 11.8 Å². The number of aliphatic imine (C=N–C) groups is 1. The second kappa shape index (κ2) is 9.77. The summed E-state index contributed by atoms with van der Waals surface area (Å²) >= 11 is 2.07. The number of hydrogen-bond acceptors (Lipinski definition) is 5. The van der Waals surface area contributed by atoms with Gasteiger partial charge in [-0.15, -0.1) is 0 Å². The van der Waals surface area contributed by atoms with Gasteiger partial charge in [0.15, 0.2) is 5.96 Å². The van der Waals surface area contributed by atoms with E-state index in [1.807, 2.05) is 27.8 Å². The van der Waals surface area contributed by atoms with Crippen molar-refractivity contribution in [1.29, 1.82) is 0 Å². The van der Waals surface area contributed by atoms with Crippen LogP contribution in [0.3, 0.4) is 0 Å². The molecule has 0 aromatic carbocycles. The number of thioether (sulfide) groups is 1. The highest BCUT2D eigenvalue weighted by atomic mass is 32.2. The first kappa shape index (κ1) is 22.5. The number of hydrogen-bond donors (Lipinski definition) is 2. The average molecular weight is 426 g/mol. The van der Waals surface area contributed by atoms with Crippen molar-refractivity contribution in [3.05, 3.63) is 0 Å². The largest absolute Gasteiger partial charge is 0.444 e. The molecule has 0 bridgehead atoms. The Hall–Kier alpha value is -1.15. The summed E-state index contributed by atoms with van der Waals surface area (Å²) in [5.74, 6) is 3.46. The molecule has 1 aliphatic carbocycles. The number of carbonyl (C=O) groups is 1. The maximum atomic E-state index is 12.1. The summed E-state index contributed by atoms with van der Waals surface area (Å²) in [5, 5.41) is 6.69. The van der Waals surface area contributed by atoms with Crippen LogP contribution < -0.4 is 10.6 Å². The minimum atomic E-state index is -0.470. The molecule has 0 aromatic rings. The fourth-order valence-electron chi connectivity index (χ4n) is 4.80. The minimum absolute atomic E-state index is 0.1000. The fourth-order valence-corrected chi connectivity index (χ4v) is 5.70. The first-order valence-electron chi connectivity index (χ1n) is 11.1. The Bertz CT molecular complexity index is 580. The van der Waals surface area contributed by atoms with Crippen molar-refractivity contribution >= 4 is 23.8 Å². The van der Waals surface area contributed by atoms with Gasteiger partial charge in [0.05, 0.1) is 6.04 Å². The standard InChI is InChI=1S/C21H39N5O2S/c1-20(2,3)28-19(27)24-17-7-10-25(15-17)18(22-4)23-16-21(8-5-6-9-21)26-11-13-29-14-12-26/h17H,5-16H2,1-4H3,(H,22,23)(H,24,27). The smallest absolute Gasteiger partial charge is 0.407 e. The molecule has 2 saturated heterocycles. The molecule has 29 heavy (non-hydrogen) atoms. The van der Waals surface area contributed by atoms with Gasteiger partial charge in [0.25, 0.3) is 0 Å². The van der Waals surface area contributed by atoms with Gasteiger partial charge in [0.2, 0.25) is 0 Å². The van der Waals surface area contributed by atoms with Crippen LogP contribution in [0, 0.1) is 0 Å². The minimum Gasteiger partial charge on any atom is -0.444 e. The summed E-state index contributed by atoms with van der Waals surface area (Å²) in [6.45, 7) is 10.7. The highest BCUT2D eigenvalue weighted by molar-refractivity contribution is 7.99. The van der Waals surface area contributed by atoms with E-state index in [4.69, 9.17) is 4.74 Å². The van der Waals surface area contributed by atoms with Crippen LogP contribution in [0.5, 0.6) is 0 Å². The normalized spacial score (nSPS) is 25.9. The molecule has 166 valence electrons. The molecule has 1 saturated carbocycles. The van der Waals surface area contributed by atoms with Gasteiger partial charge < -0.3 is 20.3 Å². The summed E-state index contributed by atoms with van der Waals surface area (Å²) in [6, 6.07) is 0.1000. The summed E-state index contributed by atoms with van der Waals surface area (Å²) in [4.78, 5) is 21.6. The lowest BCUT2D eigenvalue weighted by atomic mass is 9.94. The van der Waals surface area contributed by atoms with Gasteiger partial charge in [-0.25, -0.2) is 4.79 Å². The topological polar surface area (TPSA) is 69.2 Å². The van der Waals surface area contributed by atoms with Crippen molar-refractivity contribution in [1.82, 2.24) is 20.4 Å². The van der Waals surface area contributed by atoms with E-state index >= 15 is 0 Å². The number of nitrogens with zero attached hydrogens (tertiary/aromatic N) is 3. The van der Waals surface area contributed by atoms with Gasteiger partial charge in [0, 0.05) is 56.8 Å². The average Bonchev–Trinajstić information content (AvgIpc) is 3.32. The van der Waals surface area contributed by atoms with E-state index < -0.39 is 5.60 Å². The molecule has 2 N–H and O–H groups in total. The van der Waals surface area contributed by atoms with Crippen molar-refractivity contribution in [2.75, 3.05) is 51.3 Å². The highest BCUT2D eigenvalue weighted by Gasteiger charge is 2.40. The Morgan fingerprint density at radius 2 is 1.90 bits per heavy atom. The molecule has 0 spiro atoms. The molecule has 1 amide bonds. The maximum Gasteiger partial charge on any atom is 0.407 e. The van der Waals surface area contributed by atoms with Crippen LogP contribution in [0.2, 0.25) is 0 Å². The lowest BCUT2D eigenvalue weighted by molar-refractivity contribution is 0.0507. The number of rotatable bonds is 4. The third kappa shape index (κ3) is 6.17. The van der Waals surface area contributed by atoms with Crippen molar-refractivity contribution in [3.63, 3.8) is 0 Å². The summed E-state index contributed by atoms with van der Waals surface area (Å²) in [7, 11) is 1.86. The van der Waals surface area contributed by atoms with Crippen molar-refractivity contribution in [3.8, 4) is 0 Å². The summed E-state index contributed by atoms with van der Waals surface area (Å²) < 4.78 is 5.40. The van der Waals surface area contributed by atoms with E-state index in [1.165, 1.54) is 50.3 Å². The molecule has 8 heteroatoms. The SMILES string of the molecule is CN=C(NCC1(N2CCSCC2)CCCC1)N1CCC(NC(=O)OC(C)(C)C)C1. The van der Waals surface area contributed by atoms with Crippen molar-refractivity contribution in [2.24, 2.45) is 4.99 Å². The van der Waals surface area contributed by atoms with Crippen LogP contribution in [0.4, 0.5) is 4.79 Å². The number of guanidine groups is 1. The molecule has 0 aromatic heterocycles. The van der Waals surface area contributed by atoms with Gasteiger partial charge in [0.1, 0.15) is 5.60 Å². The number of alkyl carbamates (subject to hydrolysis) is 1. The summed E-state index contributed by atoms with van der Waals surface area (Å²) in [6.07, 6.45) is 5.80. The van der Waals surface area contributed by atoms with Gasteiger partial charge in [-0.3, -0.25) is 9.89 Å². The highest BCUT2D eigenvalue weighted by Crippen LogP contribution is 2.36. The molecule has 2 heterocycles. The van der Waals surface area contributed by atoms with E-state index in [0.29, 0.717) is 0 Å². The van der Waals surface area contributed by atoms with E-state index in [-0.39, 0.29) is 17.7 Å². The Morgan fingerprint density at radius 1 is 1.21 bits per heavy atom. The maximum absolute atomic E-state index is 12.1. The third-order valence-corrected chi connectivity index (χ3v) is 7.15. The zero-order chi connectivity index (χ0) is 20.9. The summed E-state index contributed by atoms with van der Waals surface area (Å²) in [5.41, 5.74) is -0.187. The van der Waals surface area contributed by atoms with Crippen molar-refractivity contribution in [2.45, 2.75) is 70.1 Å². The molecule has 7 nitrogen and oxygen atoms in total. The monoisotopic (exact) mass is 425 g/mol. The molecule has 0 radical (unpaired) electrons.